The van der Waals surface area contributed by atoms with Crippen molar-refractivity contribution in [3.8, 4) is 39.1 Å². The van der Waals surface area contributed by atoms with Gasteiger partial charge in [-0.05, 0) is 111 Å². The van der Waals surface area contributed by atoms with Crippen molar-refractivity contribution in [3.63, 3.8) is 0 Å². The van der Waals surface area contributed by atoms with Crippen LogP contribution in [-0.4, -0.2) is 4.57 Å². The molecule has 0 aliphatic carbocycles. The first kappa shape index (κ1) is 35.2. The number of thiophene rings is 1. The van der Waals surface area contributed by atoms with Gasteiger partial charge in [-0.1, -0.05) is 164 Å². The van der Waals surface area contributed by atoms with E-state index in [2.05, 4.69) is 240 Å². The van der Waals surface area contributed by atoms with Crippen LogP contribution in [0.15, 0.2) is 231 Å². The first-order chi connectivity index (χ1) is 30.2. The van der Waals surface area contributed by atoms with Gasteiger partial charge in [0.25, 0.3) is 0 Å². The number of hydrogen-bond acceptors (Lipinski definition) is 2. The smallest absolute Gasteiger partial charge is 0.0541 e. The molecule has 0 saturated heterocycles. The molecular weight excluding hydrogens is 757 g/mol. The van der Waals surface area contributed by atoms with Gasteiger partial charge >= 0.3 is 0 Å². The molecule has 0 saturated carbocycles. The number of aromatic nitrogens is 1. The second kappa shape index (κ2) is 14.5. The first-order valence-corrected chi connectivity index (χ1v) is 21.6. The second-order valence-electron chi connectivity index (χ2n) is 15.7. The van der Waals surface area contributed by atoms with Gasteiger partial charge in [0.2, 0.25) is 0 Å². The number of para-hydroxylation sites is 2. The molecule has 2 aromatic heterocycles. The van der Waals surface area contributed by atoms with Crippen LogP contribution in [0.25, 0.3) is 91.8 Å². The van der Waals surface area contributed by atoms with Gasteiger partial charge < -0.3 is 9.47 Å². The molecule has 12 aromatic rings. The summed E-state index contributed by atoms with van der Waals surface area (Å²) in [5, 5.41) is 7.71. The van der Waals surface area contributed by atoms with Crippen LogP contribution >= 0.6 is 11.3 Å². The normalized spacial score (nSPS) is 11.6. The summed E-state index contributed by atoms with van der Waals surface area (Å²) in [6.07, 6.45) is 0. The summed E-state index contributed by atoms with van der Waals surface area (Å²) in [5.41, 5.74) is 14.0. The maximum atomic E-state index is 2.43. The van der Waals surface area contributed by atoms with E-state index in [1.54, 1.807) is 0 Å². The Hall–Kier alpha value is -7.72. The third-order valence-corrected chi connectivity index (χ3v) is 13.3. The third kappa shape index (κ3) is 6.09. The molecule has 0 spiro atoms. The number of rotatable bonds is 7. The highest BCUT2D eigenvalue weighted by Crippen LogP contribution is 2.45. The lowest BCUT2D eigenvalue weighted by molar-refractivity contribution is 1.18. The van der Waals surface area contributed by atoms with Crippen molar-refractivity contribution in [1.29, 1.82) is 0 Å². The lowest BCUT2D eigenvalue weighted by atomic mass is 9.97. The Morgan fingerprint density at radius 3 is 1.56 bits per heavy atom. The fraction of sp³-hybridized carbons (Fsp3) is 0. The number of fused-ring (bicyclic) bond motifs is 8. The van der Waals surface area contributed by atoms with Gasteiger partial charge in [-0.3, -0.25) is 0 Å². The highest BCUT2D eigenvalue weighted by Gasteiger charge is 2.19. The second-order valence-corrected chi connectivity index (χ2v) is 16.8. The lowest BCUT2D eigenvalue weighted by Crippen LogP contribution is -2.10. The van der Waals surface area contributed by atoms with Crippen molar-refractivity contribution >= 4 is 81.1 Å². The van der Waals surface area contributed by atoms with Crippen LogP contribution in [0.5, 0.6) is 0 Å². The highest BCUT2D eigenvalue weighted by atomic mass is 32.1. The summed E-state index contributed by atoms with van der Waals surface area (Å²) in [5.74, 6) is 0. The minimum atomic E-state index is 1.09. The monoisotopic (exact) mass is 794 g/mol. The molecular formula is C58H38N2S. The zero-order chi connectivity index (χ0) is 40.3. The van der Waals surface area contributed by atoms with Crippen LogP contribution in [0.4, 0.5) is 17.1 Å². The van der Waals surface area contributed by atoms with Crippen molar-refractivity contribution in [2.45, 2.75) is 0 Å². The molecule has 61 heavy (non-hydrogen) atoms. The molecule has 2 heterocycles. The summed E-state index contributed by atoms with van der Waals surface area (Å²) in [6, 6.07) is 84.2. The van der Waals surface area contributed by atoms with Gasteiger partial charge in [0.05, 0.1) is 11.0 Å². The average Bonchev–Trinajstić information content (AvgIpc) is 3.88. The summed E-state index contributed by atoms with van der Waals surface area (Å²) in [7, 11) is 0. The van der Waals surface area contributed by atoms with Crippen LogP contribution in [0.1, 0.15) is 0 Å². The molecule has 0 N–H and O–H groups in total. The molecule has 0 unspecified atom stereocenters. The quantitative estimate of drug-likeness (QED) is 0.156. The Morgan fingerprint density at radius 1 is 0.311 bits per heavy atom. The van der Waals surface area contributed by atoms with Crippen molar-refractivity contribution in [1.82, 2.24) is 4.57 Å². The van der Waals surface area contributed by atoms with Crippen molar-refractivity contribution in [2.75, 3.05) is 4.90 Å². The van der Waals surface area contributed by atoms with E-state index in [0.717, 1.165) is 22.7 Å². The van der Waals surface area contributed by atoms with Gasteiger partial charge in [-0.2, -0.15) is 0 Å². The Kier molecular flexibility index (Phi) is 8.39. The SMILES string of the molecule is c1ccc(-c2cc(-c3ccccc3)cc(N(c3ccc(-c4cccc(-n5c6ccccc6c6ccccc65)c4)cc3)c3ccc4c(c3)sc3c5ccccc5ccc43)c2)cc1. The van der Waals surface area contributed by atoms with E-state index >= 15 is 0 Å². The van der Waals surface area contributed by atoms with E-state index in [1.165, 1.54) is 86.1 Å². The van der Waals surface area contributed by atoms with Gasteiger partial charge in [0, 0.05) is 53.7 Å². The van der Waals surface area contributed by atoms with E-state index in [4.69, 9.17) is 0 Å². The zero-order valence-corrected chi connectivity index (χ0v) is 34.1. The first-order valence-electron chi connectivity index (χ1n) is 20.8. The summed E-state index contributed by atoms with van der Waals surface area (Å²) < 4.78 is 5.00. The molecule has 0 aliphatic heterocycles. The molecule has 12 rings (SSSR count). The summed E-state index contributed by atoms with van der Waals surface area (Å²) in [4.78, 5) is 2.43. The molecule has 10 aromatic carbocycles. The fourth-order valence-electron chi connectivity index (χ4n) is 9.24. The molecule has 3 heteroatoms. The van der Waals surface area contributed by atoms with E-state index in [-0.39, 0.29) is 0 Å². The van der Waals surface area contributed by atoms with Crippen LogP contribution in [0, 0.1) is 0 Å². The van der Waals surface area contributed by atoms with Gasteiger partial charge in [0.1, 0.15) is 0 Å². The maximum absolute atomic E-state index is 2.43. The molecule has 0 bridgehead atoms. The van der Waals surface area contributed by atoms with Gasteiger partial charge in [0.15, 0.2) is 0 Å². The van der Waals surface area contributed by atoms with Crippen LogP contribution in [-0.2, 0) is 0 Å². The highest BCUT2D eigenvalue weighted by molar-refractivity contribution is 7.26. The zero-order valence-electron chi connectivity index (χ0n) is 33.2. The maximum Gasteiger partial charge on any atom is 0.0541 e. The van der Waals surface area contributed by atoms with E-state index in [0.29, 0.717) is 0 Å². The Morgan fingerprint density at radius 2 is 0.869 bits per heavy atom. The number of anilines is 3. The van der Waals surface area contributed by atoms with E-state index in [9.17, 15) is 0 Å². The van der Waals surface area contributed by atoms with Crippen molar-refractivity contribution in [3.05, 3.63) is 231 Å². The molecule has 0 atom stereocenters. The topological polar surface area (TPSA) is 8.17 Å². The largest absolute Gasteiger partial charge is 0.310 e. The molecule has 286 valence electrons. The van der Waals surface area contributed by atoms with Gasteiger partial charge in [-0.15, -0.1) is 11.3 Å². The van der Waals surface area contributed by atoms with Gasteiger partial charge in [-0.25, -0.2) is 0 Å². The standard InChI is InChI=1S/C58H38N2S/c1-3-14-39(15-4-1)44-34-45(40-16-5-2-6-17-40)37-49(36-44)59(48-31-33-53-54-32-28-42-18-7-8-21-50(42)58(54)61-57(53)38-48)46-29-26-41(27-30-46)43-19-13-20-47(35-43)60-55-24-11-9-22-51(55)52-23-10-12-25-56(52)60/h1-38H. The van der Waals surface area contributed by atoms with E-state index < -0.39 is 0 Å². The number of hydrogen-bond donors (Lipinski definition) is 0. The summed E-state index contributed by atoms with van der Waals surface area (Å²) in [6.45, 7) is 0. The molecule has 2 nitrogen and oxygen atoms in total. The number of benzene rings is 10. The van der Waals surface area contributed by atoms with Crippen LogP contribution in [0.2, 0.25) is 0 Å². The molecule has 0 fully saturated rings. The van der Waals surface area contributed by atoms with Crippen LogP contribution < -0.4 is 4.90 Å². The molecule has 0 aliphatic rings. The Labute approximate surface area is 358 Å². The minimum Gasteiger partial charge on any atom is -0.310 e. The molecule has 0 radical (unpaired) electrons. The van der Waals surface area contributed by atoms with Crippen molar-refractivity contribution < 1.29 is 0 Å². The average molecular weight is 795 g/mol. The summed E-state index contributed by atoms with van der Waals surface area (Å²) >= 11 is 1.89. The van der Waals surface area contributed by atoms with E-state index in [1.807, 2.05) is 11.3 Å². The Balaban J connectivity index is 1.02. The Bertz CT molecular complexity index is 3470. The number of nitrogens with zero attached hydrogens (tertiary/aromatic N) is 2. The minimum absolute atomic E-state index is 1.09. The predicted octanol–water partition coefficient (Wildman–Crippen LogP) is 16.8. The third-order valence-electron chi connectivity index (χ3n) is 12.1. The predicted molar refractivity (Wildman–Crippen MR) is 262 cm³/mol. The fourth-order valence-corrected chi connectivity index (χ4v) is 10.5. The van der Waals surface area contributed by atoms with Crippen molar-refractivity contribution in [2.24, 2.45) is 0 Å². The molecule has 0 amide bonds. The lowest BCUT2D eigenvalue weighted by Gasteiger charge is -2.27. The van der Waals surface area contributed by atoms with Crippen LogP contribution in [0.3, 0.4) is 0 Å².